The van der Waals surface area contributed by atoms with Crippen molar-refractivity contribution in [3.8, 4) is 0 Å². The van der Waals surface area contributed by atoms with Crippen LogP contribution in [0.4, 0.5) is 0 Å². The minimum absolute atomic E-state index is 0.0486. The first-order chi connectivity index (χ1) is 7.43. The summed E-state index contributed by atoms with van der Waals surface area (Å²) in [6.45, 7) is 3.70. The Labute approximate surface area is 110 Å². The quantitative estimate of drug-likeness (QED) is 0.392. The lowest BCUT2D eigenvalue weighted by Gasteiger charge is -2.14. The lowest BCUT2D eigenvalue weighted by Crippen LogP contribution is -1.96. The van der Waals surface area contributed by atoms with Gasteiger partial charge >= 0.3 is 7.82 Å². The van der Waals surface area contributed by atoms with Crippen molar-refractivity contribution in [2.75, 3.05) is 13.2 Å². The first kappa shape index (κ1) is 16.3. The molecule has 0 heterocycles. The van der Waals surface area contributed by atoms with E-state index in [4.69, 9.17) is 48.4 Å². The summed E-state index contributed by atoms with van der Waals surface area (Å²) in [4.78, 5) is 0. The van der Waals surface area contributed by atoms with Gasteiger partial charge in [-0.2, -0.15) is 0 Å². The number of rotatable bonds is 7. The molecule has 0 aromatic heterocycles. The van der Waals surface area contributed by atoms with Crippen molar-refractivity contribution in [3.05, 3.63) is 21.9 Å². The zero-order valence-corrected chi connectivity index (χ0v) is 11.9. The SMILES string of the molecule is CCOP(=O)(O/C=C(\Cl)C=C(Cl)Cl)OCC. The fourth-order valence-electron chi connectivity index (χ4n) is 0.668. The Balaban J connectivity index is 4.53. The lowest BCUT2D eigenvalue weighted by molar-refractivity contribution is 0.153. The third-order valence-corrected chi connectivity index (χ3v) is 3.04. The summed E-state index contributed by atoms with van der Waals surface area (Å²) in [5, 5.41) is 0.0691. The highest BCUT2D eigenvalue weighted by atomic mass is 35.5. The maximum atomic E-state index is 11.7. The maximum absolute atomic E-state index is 11.7. The molecule has 0 saturated heterocycles. The van der Waals surface area contributed by atoms with Gasteiger partial charge in [-0.3, -0.25) is 9.05 Å². The Kier molecular flexibility index (Phi) is 8.56. The van der Waals surface area contributed by atoms with Crippen molar-refractivity contribution in [2.45, 2.75) is 13.8 Å². The number of halogens is 3. The molecule has 0 atom stereocenters. The monoisotopic (exact) mass is 308 g/mol. The average Bonchev–Trinajstić information content (AvgIpc) is 2.15. The molecule has 0 radical (unpaired) electrons. The van der Waals surface area contributed by atoms with Gasteiger partial charge in [0.15, 0.2) is 0 Å². The van der Waals surface area contributed by atoms with E-state index >= 15 is 0 Å². The molecule has 0 fully saturated rings. The first-order valence-corrected chi connectivity index (χ1v) is 6.99. The molecule has 0 aliphatic rings. The van der Waals surface area contributed by atoms with Gasteiger partial charge in [-0.15, -0.1) is 0 Å². The summed E-state index contributed by atoms with van der Waals surface area (Å²) in [6, 6.07) is 0. The van der Waals surface area contributed by atoms with Crippen molar-refractivity contribution in [3.63, 3.8) is 0 Å². The van der Waals surface area contributed by atoms with Gasteiger partial charge in [-0.1, -0.05) is 34.8 Å². The van der Waals surface area contributed by atoms with E-state index in [1.807, 2.05) is 0 Å². The van der Waals surface area contributed by atoms with E-state index in [-0.39, 0.29) is 22.7 Å². The predicted octanol–water partition coefficient (Wildman–Crippen LogP) is 4.58. The minimum Gasteiger partial charge on any atom is -0.410 e. The topological polar surface area (TPSA) is 44.8 Å². The number of hydrogen-bond acceptors (Lipinski definition) is 4. The fraction of sp³-hybridized carbons (Fsp3) is 0.500. The van der Waals surface area contributed by atoms with Gasteiger partial charge in [0.05, 0.1) is 18.2 Å². The van der Waals surface area contributed by atoms with E-state index in [1.165, 1.54) is 6.08 Å². The second-order valence-corrected chi connectivity index (χ2v) is 5.39. The Morgan fingerprint density at radius 2 is 1.69 bits per heavy atom. The first-order valence-electron chi connectivity index (χ1n) is 4.39. The van der Waals surface area contributed by atoms with E-state index in [9.17, 15) is 4.57 Å². The van der Waals surface area contributed by atoms with Crippen LogP contribution in [0.15, 0.2) is 21.9 Å². The standard InChI is InChI=1S/C8H12Cl3O4P/c1-3-13-16(12,14-4-2)15-6-7(9)5-8(10)11/h5-6H,3-4H2,1-2H3/b7-6-. The van der Waals surface area contributed by atoms with Crippen molar-refractivity contribution in [1.29, 1.82) is 0 Å². The van der Waals surface area contributed by atoms with Crippen LogP contribution in [0, 0.1) is 0 Å². The number of allylic oxidation sites excluding steroid dienone is 2. The number of hydrogen-bond donors (Lipinski definition) is 0. The summed E-state index contributed by atoms with van der Waals surface area (Å²) >= 11 is 16.4. The minimum atomic E-state index is -3.59. The molecule has 0 N–H and O–H groups in total. The molecule has 0 bridgehead atoms. The van der Waals surface area contributed by atoms with Crippen LogP contribution in [0.25, 0.3) is 0 Å². The van der Waals surface area contributed by atoms with Crippen LogP contribution in [-0.4, -0.2) is 13.2 Å². The molecule has 0 aromatic rings. The molecule has 0 amide bonds. The summed E-state index contributed by atoms with van der Waals surface area (Å²) < 4.78 is 26.2. The van der Waals surface area contributed by atoms with Gasteiger partial charge in [-0.25, -0.2) is 4.57 Å². The highest BCUT2D eigenvalue weighted by Crippen LogP contribution is 2.49. The smallest absolute Gasteiger partial charge is 0.410 e. The van der Waals surface area contributed by atoms with Crippen molar-refractivity contribution >= 4 is 42.6 Å². The molecular formula is C8H12Cl3O4P. The highest BCUT2D eigenvalue weighted by molar-refractivity contribution is 7.48. The summed E-state index contributed by atoms with van der Waals surface area (Å²) in [7, 11) is -3.59. The van der Waals surface area contributed by atoms with Gasteiger partial charge in [0.2, 0.25) is 0 Å². The molecule has 4 nitrogen and oxygen atoms in total. The molecule has 0 rings (SSSR count). The molecule has 0 aromatic carbocycles. The van der Waals surface area contributed by atoms with Crippen LogP contribution in [0.3, 0.4) is 0 Å². The highest BCUT2D eigenvalue weighted by Gasteiger charge is 2.25. The van der Waals surface area contributed by atoms with Crippen molar-refractivity contribution in [2.24, 2.45) is 0 Å². The van der Waals surface area contributed by atoms with E-state index < -0.39 is 7.82 Å². The van der Waals surface area contributed by atoms with Crippen molar-refractivity contribution in [1.82, 2.24) is 0 Å². The molecular weight excluding hydrogens is 297 g/mol. The zero-order valence-electron chi connectivity index (χ0n) is 8.78. The molecule has 94 valence electrons. The second kappa shape index (κ2) is 8.40. The lowest BCUT2D eigenvalue weighted by atomic mass is 10.6. The van der Waals surface area contributed by atoms with E-state index in [2.05, 4.69) is 0 Å². The Morgan fingerprint density at radius 3 is 2.06 bits per heavy atom. The van der Waals surface area contributed by atoms with E-state index in [1.54, 1.807) is 13.8 Å². The third-order valence-electron chi connectivity index (χ3n) is 1.12. The summed E-state index contributed by atoms with van der Waals surface area (Å²) in [6.07, 6.45) is 2.21. The Hall–Kier alpha value is 0.300. The molecule has 0 unspecified atom stereocenters. The van der Waals surface area contributed by atoms with Crippen LogP contribution in [0.2, 0.25) is 0 Å². The number of phosphoric acid groups is 1. The van der Waals surface area contributed by atoms with E-state index in [0.29, 0.717) is 0 Å². The van der Waals surface area contributed by atoms with Gasteiger partial charge in [0.1, 0.15) is 10.8 Å². The molecule has 8 heteroatoms. The maximum Gasteiger partial charge on any atom is 0.529 e. The van der Waals surface area contributed by atoms with Gasteiger partial charge in [0, 0.05) is 0 Å². The predicted molar refractivity (Wildman–Crippen MR) is 65.7 cm³/mol. The summed E-state index contributed by atoms with van der Waals surface area (Å²) in [5.74, 6) is 0. The molecule has 0 aliphatic carbocycles. The molecule has 0 aliphatic heterocycles. The Morgan fingerprint density at radius 1 is 1.19 bits per heavy atom. The third kappa shape index (κ3) is 7.55. The molecule has 0 spiro atoms. The van der Waals surface area contributed by atoms with Crippen LogP contribution < -0.4 is 0 Å². The van der Waals surface area contributed by atoms with Gasteiger partial charge < -0.3 is 4.52 Å². The van der Waals surface area contributed by atoms with Crippen LogP contribution in [-0.2, 0) is 18.1 Å². The fourth-order valence-corrected chi connectivity index (χ4v) is 2.30. The molecule has 16 heavy (non-hydrogen) atoms. The molecule has 0 saturated carbocycles. The second-order valence-electron chi connectivity index (χ2n) is 2.32. The van der Waals surface area contributed by atoms with Gasteiger partial charge in [0.25, 0.3) is 0 Å². The largest absolute Gasteiger partial charge is 0.529 e. The van der Waals surface area contributed by atoms with Crippen LogP contribution >= 0.6 is 42.6 Å². The summed E-state index contributed by atoms with van der Waals surface area (Å²) in [5.41, 5.74) is 0. The average molecular weight is 310 g/mol. The van der Waals surface area contributed by atoms with Crippen LogP contribution in [0.1, 0.15) is 13.8 Å². The zero-order chi connectivity index (χ0) is 12.6. The number of phosphoric ester groups is 1. The van der Waals surface area contributed by atoms with Crippen molar-refractivity contribution < 1.29 is 18.1 Å². The Bertz CT molecular complexity index is 302. The van der Waals surface area contributed by atoms with E-state index in [0.717, 1.165) is 6.26 Å². The normalized spacial score (nSPS) is 12.4. The van der Waals surface area contributed by atoms with Gasteiger partial charge in [-0.05, 0) is 19.9 Å². The van der Waals surface area contributed by atoms with Crippen LogP contribution in [0.5, 0.6) is 0 Å².